The van der Waals surface area contributed by atoms with Gasteiger partial charge >= 0.3 is 5.97 Å². The fraction of sp³-hybridized carbons (Fsp3) is 0.467. The summed E-state index contributed by atoms with van der Waals surface area (Å²) in [4.78, 5) is 19.3. The predicted molar refractivity (Wildman–Crippen MR) is 82.9 cm³/mol. The molecule has 0 radical (unpaired) electrons. The summed E-state index contributed by atoms with van der Waals surface area (Å²) in [6.45, 7) is 5.20. The predicted octanol–water partition coefficient (Wildman–Crippen LogP) is 3.32. The summed E-state index contributed by atoms with van der Waals surface area (Å²) in [5.41, 5.74) is 1.47. The van der Waals surface area contributed by atoms with Crippen LogP contribution in [0.3, 0.4) is 0 Å². The minimum Gasteiger partial charge on any atom is -0.313 e. The van der Waals surface area contributed by atoms with E-state index in [2.05, 4.69) is 46.9 Å². The lowest BCUT2D eigenvalue weighted by atomic mass is 9.93. The molecule has 1 saturated heterocycles. The van der Waals surface area contributed by atoms with Crippen LogP contribution in [0.4, 0.5) is 0 Å². The van der Waals surface area contributed by atoms with Crippen LogP contribution in [0.25, 0.3) is 0 Å². The average Bonchev–Trinajstić information content (AvgIpc) is 2.42. The molecular formula is C15H19BrN2O2. The Morgan fingerprint density at radius 3 is 2.65 bits per heavy atom. The molecule has 108 valence electrons. The highest BCUT2D eigenvalue weighted by molar-refractivity contribution is 9.10. The van der Waals surface area contributed by atoms with Gasteiger partial charge in [0.15, 0.2) is 0 Å². The topological polar surface area (TPSA) is 41.9 Å². The zero-order chi connectivity index (χ0) is 14.7. The minimum absolute atomic E-state index is 0.314. The molecule has 5 heteroatoms. The van der Waals surface area contributed by atoms with Gasteiger partial charge in [-0.1, -0.05) is 28.0 Å². The molecule has 1 aromatic rings. The molecule has 2 rings (SSSR count). The lowest BCUT2D eigenvalue weighted by Gasteiger charge is -2.34. The maximum Gasteiger partial charge on any atom is 0.365 e. The van der Waals surface area contributed by atoms with Gasteiger partial charge in [0, 0.05) is 29.4 Å². The van der Waals surface area contributed by atoms with Gasteiger partial charge in [0.25, 0.3) is 0 Å². The maximum atomic E-state index is 11.9. The molecule has 1 fully saturated rings. The summed E-state index contributed by atoms with van der Waals surface area (Å²) in [5.74, 6) is -0.0994. The number of nitrogens with zero attached hydrogens (tertiary/aromatic N) is 2. The first-order valence-corrected chi connectivity index (χ1v) is 7.50. The van der Waals surface area contributed by atoms with Crippen LogP contribution in [0.2, 0.25) is 0 Å². The standard InChI is InChI=1S/C15H19BrN2O2/c1-10-9-18(3)11(2)8-14(10)17-20-15(19)12-4-6-13(16)7-5-12/h4-7,10-11H,8-9H2,1-3H3/b17-14+. The Hall–Kier alpha value is -1.20. The van der Waals surface area contributed by atoms with Crippen molar-refractivity contribution in [3.63, 3.8) is 0 Å². The molecule has 1 heterocycles. The van der Waals surface area contributed by atoms with E-state index >= 15 is 0 Å². The summed E-state index contributed by atoms with van der Waals surface area (Å²) < 4.78 is 0.929. The number of likely N-dealkylation sites (tertiary alicyclic amines) is 1. The van der Waals surface area contributed by atoms with Crippen molar-refractivity contribution in [1.82, 2.24) is 4.90 Å². The summed E-state index contributed by atoms with van der Waals surface area (Å²) in [5, 5.41) is 4.08. The normalized spacial score (nSPS) is 25.7. The number of benzene rings is 1. The van der Waals surface area contributed by atoms with Gasteiger partial charge in [-0.25, -0.2) is 4.79 Å². The van der Waals surface area contributed by atoms with Gasteiger partial charge < -0.3 is 9.74 Å². The van der Waals surface area contributed by atoms with Gasteiger partial charge in [0.05, 0.1) is 11.3 Å². The van der Waals surface area contributed by atoms with E-state index in [0.717, 1.165) is 23.1 Å². The van der Waals surface area contributed by atoms with Crippen LogP contribution in [0.1, 0.15) is 30.6 Å². The molecule has 0 bridgehead atoms. The van der Waals surface area contributed by atoms with E-state index in [1.165, 1.54) is 0 Å². The second-order valence-corrected chi connectivity index (χ2v) is 6.28. The molecule has 0 aromatic heterocycles. The Balaban J connectivity index is 2.01. The molecule has 1 aromatic carbocycles. The van der Waals surface area contributed by atoms with Gasteiger partial charge in [0.2, 0.25) is 0 Å². The SMILES string of the molecule is CC1CN(C)C(C)C/C1=N\OC(=O)c1ccc(Br)cc1. The number of rotatable bonds is 2. The molecule has 2 unspecified atom stereocenters. The first kappa shape index (κ1) is 15.2. The Bertz CT molecular complexity index is 513. The Morgan fingerprint density at radius 2 is 2.00 bits per heavy atom. The van der Waals surface area contributed by atoms with Crippen LogP contribution >= 0.6 is 15.9 Å². The third kappa shape index (κ3) is 3.67. The second-order valence-electron chi connectivity index (χ2n) is 5.36. The largest absolute Gasteiger partial charge is 0.365 e. The van der Waals surface area contributed by atoms with Gasteiger partial charge in [-0.2, -0.15) is 0 Å². The number of carbonyl (C=O) groups excluding carboxylic acids is 1. The van der Waals surface area contributed by atoms with Gasteiger partial charge in [-0.05, 0) is 38.2 Å². The quantitative estimate of drug-likeness (QED) is 0.613. The van der Waals surface area contributed by atoms with Crippen molar-refractivity contribution in [1.29, 1.82) is 0 Å². The number of hydrogen-bond donors (Lipinski definition) is 0. The summed E-state index contributed by atoms with van der Waals surface area (Å²) in [7, 11) is 2.10. The third-order valence-electron chi connectivity index (χ3n) is 3.71. The van der Waals surface area contributed by atoms with E-state index < -0.39 is 5.97 Å². The number of hydrogen-bond acceptors (Lipinski definition) is 4. The number of carbonyl (C=O) groups is 1. The highest BCUT2D eigenvalue weighted by Crippen LogP contribution is 2.18. The molecule has 1 aliphatic rings. The number of halogens is 1. The average molecular weight is 339 g/mol. The Labute approximate surface area is 127 Å². The first-order valence-electron chi connectivity index (χ1n) is 6.71. The molecule has 0 N–H and O–H groups in total. The van der Waals surface area contributed by atoms with E-state index in [1.807, 2.05) is 12.1 Å². The van der Waals surface area contributed by atoms with Gasteiger partial charge in [-0.15, -0.1) is 0 Å². The highest BCUT2D eigenvalue weighted by Gasteiger charge is 2.26. The zero-order valence-corrected chi connectivity index (χ0v) is 13.6. The third-order valence-corrected chi connectivity index (χ3v) is 4.24. The van der Waals surface area contributed by atoms with Gasteiger partial charge in [-0.3, -0.25) is 0 Å². The van der Waals surface area contributed by atoms with Crippen LogP contribution in [0.5, 0.6) is 0 Å². The molecule has 0 aliphatic carbocycles. The Morgan fingerprint density at radius 1 is 1.35 bits per heavy atom. The lowest BCUT2D eigenvalue weighted by Crippen LogP contribution is -2.43. The van der Waals surface area contributed by atoms with E-state index in [9.17, 15) is 4.79 Å². The molecule has 20 heavy (non-hydrogen) atoms. The monoisotopic (exact) mass is 338 g/mol. The van der Waals surface area contributed by atoms with Crippen LogP contribution in [0, 0.1) is 5.92 Å². The first-order chi connectivity index (χ1) is 9.47. The van der Waals surface area contributed by atoms with Crippen molar-refractivity contribution in [2.24, 2.45) is 11.1 Å². The van der Waals surface area contributed by atoms with Crippen molar-refractivity contribution in [2.45, 2.75) is 26.3 Å². The van der Waals surface area contributed by atoms with E-state index in [4.69, 9.17) is 4.84 Å². The summed E-state index contributed by atoms with van der Waals surface area (Å²) >= 11 is 3.33. The molecule has 1 aliphatic heterocycles. The van der Waals surface area contributed by atoms with Crippen molar-refractivity contribution >= 4 is 27.6 Å². The molecule has 4 nitrogen and oxygen atoms in total. The van der Waals surface area contributed by atoms with Gasteiger partial charge in [0.1, 0.15) is 0 Å². The number of piperidine rings is 1. The van der Waals surface area contributed by atoms with Crippen LogP contribution < -0.4 is 0 Å². The highest BCUT2D eigenvalue weighted by atomic mass is 79.9. The van der Waals surface area contributed by atoms with Crippen molar-refractivity contribution in [3.05, 3.63) is 34.3 Å². The summed E-state index contributed by atoms with van der Waals surface area (Å²) in [6.07, 6.45) is 0.839. The van der Waals surface area contributed by atoms with Crippen LogP contribution in [-0.2, 0) is 4.84 Å². The van der Waals surface area contributed by atoms with Crippen molar-refractivity contribution in [3.8, 4) is 0 Å². The molecule has 0 spiro atoms. The molecule has 0 saturated carbocycles. The minimum atomic E-state index is -0.413. The van der Waals surface area contributed by atoms with E-state index in [1.54, 1.807) is 12.1 Å². The van der Waals surface area contributed by atoms with E-state index in [-0.39, 0.29) is 0 Å². The lowest BCUT2D eigenvalue weighted by molar-refractivity contribution is 0.0508. The van der Waals surface area contributed by atoms with E-state index in [0.29, 0.717) is 17.5 Å². The second kappa shape index (κ2) is 6.50. The maximum absolute atomic E-state index is 11.9. The van der Waals surface area contributed by atoms with Crippen molar-refractivity contribution < 1.29 is 9.63 Å². The molecule has 0 amide bonds. The zero-order valence-electron chi connectivity index (χ0n) is 12.0. The fourth-order valence-corrected chi connectivity index (χ4v) is 2.51. The van der Waals surface area contributed by atoms with Crippen LogP contribution in [0.15, 0.2) is 33.9 Å². The van der Waals surface area contributed by atoms with Crippen LogP contribution in [-0.4, -0.2) is 36.2 Å². The Kier molecular flexibility index (Phi) is 4.94. The summed E-state index contributed by atoms with van der Waals surface area (Å²) in [6, 6.07) is 7.48. The number of oxime groups is 1. The smallest absolute Gasteiger partial charge is 0.313 e. The molecule has 2 atom stereocenters. The van der Waals surface area contributed by atoms with Crippen molar-refractivity contribution in [2.75, 3.05) is 13.6 Å². The fourth-order valence-electron chi connectivity index (χ4n) is 2.24. The molecular weight excluding hydrogens is 320 g/mol.